The maximum absolute atomic E-state index is 8.06. The van der Waals surface area contributed by atoms with Gasteiger partial charge in [0.2, 0.25) is 0 Å². The van der Waals surface area contributed by atoms with Gasteiger partial charge in [0.1, 0.15) is 0 Å². The molecule has 0 saturated heterocycles. The van der Waals surface area contributed by atoms with Crippen LogP contribution in [-0.2, 0) is 0 Å². The van der Waals surface area contributed by atoms with Gasteiger partial charge in [-0.15, -0.1) is 9.24 Å². The first-order valence-corrected chi connectivity index (χ1v) is 3.06. The molecule has 0 amide bonds. The molecule has 0 aromatic rings. The van der Waals surface area contributed by atoms with Crippen LogP contribution in [0.15, 0.2) is 0 Å². The molecular formula is C5H10NP. The number of nitrogens with zero attached hydrogens (tertiary/aromatic N) is 1. The summed E-state index contributed by atoms with van der Waals surface area (Å²) in [6.45, 7) is 2.09. The standard InChI is InChI=1S/C5H10NP/c1-5(7)3-2-4-6/h5H,2-3,7H2,1H3. The lowest BCUT2D eigenvalue weighted by atomic mass is 10.3. The first kappa shape index (κ1) is 6.92. The lowest BCUT2D eigenvalue weighted by molar-refractivity contribution is 0.840. The van der Waals surface area contributed by atoms with Crippen LogP contribution in [0.25, 0.3) is 0 Å². The fourth-order valence-electron chi connectivity index (χ4n) is 0.292. The normalized spacial score (nSPS) is 12.7. The van der Waals surface area contributed by atoms with Crippen molar-refractivity contribution in [2.45, 2.75) is 25.4 Å². The van der Waals surface area contributed by atoms with E-state index in [0.717, 1.165) is 6.42 Å². The van der Waals surface area contributed by atoms with Gasteiger partial charge in [0, 0.05) is 6.42 Å². The molecule has 2 atom stereocenters. The van der Waals surface area contributed by atoms with Crippen molar-refractivity contribution in [2.24, 2.45) is 0 Å². The van der Waals surface area contributed by atoms with E-state index in [4.69, 9.17) is 5.26 Å². The third kappa shape index (κ3) is 5.92. The van der Waals surface area contributed by atoms with Crippen LogP contribution in [-0.4, -0.2) is 5.66 Å². The van der Waals surface area contributed by atoms with Crippen molar-refractivity contribution in [3.63, 3.8) is 0 Å². The number of hydrogen-bond donors (Lipinski definition) is 0. The topological polar surface area (TPSA) is 23.8 Å². The molecule has 0 aliphatic rings. The predicted octanol–water partition coefficient (Wildman–Crippen LogP) is 1.55. The summed E-state index contributed by atoms with van der Waals surface area (Å²) < 4.78 is 0. The Labute approximate surface area is 46.9 Å². The summed E-state index contributed by atoms with van der Waals surface area (Å²) in [6.07, 6.45) is 1.69. The van der Waals surface area contributed by atoms with Crippen molar-refractivity contribution in [3.8, 4) is 6.07 Å². The molecule has 0 aliphatic heterocycles. The van der Waals surface area contributed by atoms with Crippen molar-refractivity contribution >= 4 is 9.24 Å². The smallest absolute Gasteiger partial charge is 0.0621 e. The van der Waals surface area contributed by atoms with E-state index in [1.165, 1.54) is 0 Å². The maximum atomic E-state index is 8.06. The van der Waals surface area contributed by atoms with Gasteiger partial charge in [-0.05, 0) is 12.1 Å². The number of hydrogen-bond acceptors (Lipinski definition) is 1. The Kier molecular flexibility index (Phi) is 4.04. The summed E-state index contributed by atoms with van der Waals surface area (Å²) >= 11 is 0. The van der Waals surface area contributed by atoms with Crippen LogP contribution in [0.3, 0.4) is 0 Å². The lowest BCUT2D eigenvalue weighted by Gasteiger charge is -1.94. The second kappa shape index (κ2) is 4.09. The zero-order valence-corrected chi connectivity index (χ0v) is 5.67. The summed E-state index contributed by atoms with van der Waals surface area (Å²) in [4.78, 5) is 0. The maximum Gasteiger partial charge on any atom is 0.0621 e. The second-order valence-corrected chi connectivity index (χ2v) is 2.81. The molecular weight excluding hydrogens is 105 g/mol. The van der Waals surface area contributed by atoms with Crippen LogP contribution >= 0.6 is 9.24 Å². The molecule has 0 radical (unpaired) electrons. The summed E-state index contributed by atoms with van der Waals surface area (Å²) in [5.74, 6) is 0. The highest BCUT2D eigenvalue weighted by atomic mass is 31.0. The summed E-state index contributed by atoms with van der Waals surface area (Å²) in [7, 11) is 2.66. The van der Waals surface area contributed by atoms with E-state index in [-0.39, 0.29) is 0 Å². The Morgan fingerprint density at radius 3 is 2.57 bits per heavy atom. The zero-order valence-electron chi connectivity index (χ0n) is 4.52. The van der Waals surface area contributed by atoms with Gasteiger partial charge in [0.25, 0.3) is 0 Å². The van der Waals surface area contributed by atoms with Crippen molar-refractivity contribution in [3.05, 3.63) is 0 Å². The van der Waals surface area contributed by atoms with E-state index in [9.17, 15) is 0 Å². The minimum atomic E-state index is 0.597. The Balaban J connectivity index is 2.86. The van der Waals surface area contributed by atoms with Gasteiger partial charge < -0.3 is 0 Å². The number of nitriles is 1. The molecule has 0 aromatic heterocycles. The predicted molar refractivity (Wildman–Crippen MR) is 34.0 cm³/mol. The third-order valence-corrected chi connectivity index (χ3v) is 1.04. The molecule has 0 saturated carbocycles. The SMILES string of the molecule is CC(P)CCC#N. The lowest BCUT2D eigenvalue weighted by Crippen LogP contribution is -1.85. The molecule has 0 fully saturated rings. The Bertz CT molecular complexity index is 72.6. The molecule has 7 heavy (non-hydrogen) atoms. The minimum absolute atomic E-state index is 0.597. The molecule has 0 aromatic carbocycles. The third-order valence-electron chi connectivity index (χ3n) is 0.711. The Morgan fingerprint density at radius 2 is 2.43 bits per heavy atom. The van der Waals surface area contributed by atoms with Crippen LogP contribution in [0, 0.1) is 11.3 Å². The highest BCUT2D eigenvalue weighted by Gasteiger charge is 1.88. The first-order chi connectivity index (χ1) is 3.27. The molecule has 40 valence electrons. The van der Waals surface area contributed by atoms with Crippen LogP contribution in [0.5, 0.6) is 0 Å². The van der Waals surface area contributed by atoms with Gasteiger partial charge >= 0.3 is 0 Å². The first-order valence-electron chi connectivity index (χ1n) is 2.40. The average molecular weight is 115 g/mol. The molecule has 0 rings (SSSR count). The monoisotopic (exact) mass is 115 g/mol. The van der Waals surface area contributed by atoms with Gasteiger partial charge in [-0.1, -0.05) is 6.92 Å². The molecule has 0 bridgehead atoms. The fourth-order valence-corrected chi connectivity index (χ4v) is 0.459. The van der Waals surface area contributed by atoms with E-state index in [1.54, 1.807) is 0 Å². The van der Waals surface area contributed by atoms with Gasteiger partial charge in [-0.3, -0.25) is 0 Å². The Morgan fingerprint density at radius 1 is 1.86 bits per heavy atom. The van der Waals surface area contributed by atoms with Crippen LogP contribution < -0.4 is 0 Å². The van der Waals surface area contributed by atoms with Crippen molar-refractivity contribution in [1.82, 2.24) is 0 Å². The highest BCUT2D eigenvalue weighted by Crippen LogP contribution is 2.04. The van der Waals surface area contributed by atoms with Gasteiger partial charge in [0.05, 0.1) is 6.07 Å². The fraction of sp³-hybridized carbons (Fsp3) is 0.800. The van der Waals surface area contributed by atoms with Crippen molar-refractivity contribution in [1.29, 1.82) is 5.26 Å². The molecule has 0 heterocycles. The summed E-state index contributed by atoms with van der Waals surface area (Å²) in [5, 5.41) is 8.06. The quantitative estimate of drug-likeness (QED) is 0.501. The van der Waals surface area contributed by atoms with Crippen molar-refractivity contribution in [2.75, 3.05) is 0 Å². The van der Waals surface area contributed by atoms with Gasteiger partial charge in [0.15, 0.2) is 0 Å². The van der Waals surface area contributed by atoms with Crippen LogP contribution in [0.1, 0.15) is 19.8 Å². The van der Waals surface area contributed by atoms with Gasteiger partial charge in [-0.25, -0.2) is 0 Å². The van der Waals surface area contributed by atoms with Crippen LogP contribution in [0.2, 0.25) is 0 Å². The van der Waals surface area contributed by atoms with Gasteiger partial charge in [-0.2, -0.15) is 5.26 Å². The zero-order chi connectivity index (χ0) is 5.70. The molecule has 0 N–H and O–H groups in total. The summed E-state index contributed by atoms with van der Waals surface area (Å²) in [5.41, 5.74) is 0.597. The summed E-state index contributed by atoms with van der Waals surface area (Å²) in [6, 6.07) is 2.09. The average Bonchev–Trinajstić information content (AvgIpc) is 1.61. The van der Waals surface area contributed by atoms with E-state index in [2.05, 4.69) is 22.2 Å². The largest absolute Gasteiger partial charge is 0.198 e. The molecule has 2 heteroatoms. The molecule has 0 spiro atoms. The van der Waals surface area contributed by atoms with E-state index in [1.807, 2.05) is 0 Å². The molecule has 0 aliphatic carbocycles. The number of rotatable bonds is 2. The minimum Gasteiger partial charge on any atom is -0.198 e. The molecule has 2 unspecified atom stereocenters. The second-order valence-electron chi connectivity index (χ2n) is 1.67. The Hall–Kier alpha value is -0.0800. The highest BCUT2D eigenvalue weighted by molar-refractivity contribution is 7.17. The van der Waals surface area contributed by atoms with E-state index in [0.29, 0.717) is 12.1 Å². The van der Waals surface area contributed by atoms with Crippen molar-refractivity contribution < 1.29 is 0 Å². The van der Waals surface area contributed by atoms with E-state index >= 15 is 0 Å². The molecule has 1 nitrogen and oxygen atoms in total. The van der Waals surface area contributed by atoms with Crippen LogP contribution in [0.4, 0.5) is 0 Å². The van der Waals surface area contributed by atoms with E-state index < -0.39 is 0 Å².